The molecule has 0 heterocycles. The van der Waals surface area contributed by atoms with E-state index in [-0.39, 0.29) is 11.5 Å². The van der Waals surface area contributed by atoms with Gasteiger partial charge in [0.15, 0.2) is 0 Å². The van der Waals surface area contributed by atoms with E-state index in [2.05, 4.69) is 5.32 Å². The monoisotopic (exact) mass is 299 g/mol. The maximum Gasteiger partial charge on any atom is 0.335 e. The minimum Gasteiger partial charge on any atom is -0.493 e. The van der Waals surface area contributed by atoms with Crippen LogP contribution < -0.4 is 10.1 Å². The SMILES string of the molecule is CCOc1ccccc1C(=O)Nc1cc(C(=O)O)ccc1C. The molecule has 2 aromatic carbocycles. The van der Waals surface area contributed by atoms with E-state index in [1.54, 1.807) is 37.3 Å². The predicted molar refractivity (Wildman–Crippen MR) is 83.7 cm³/mol. The van der Waals surface area contributed by atoms with Crippen LogP contribution in [0.2, 0.25) is 0 Å². The predicted octanol–water partition coefficient (Wildman–Crippen LogP) is 3.34. The van der Waals surface area contributed by atoms with E-state index in [4.69, 9.17) is 9.84 Å². The van der Waals surface area contributed by atoms with Crippen molar-refractivity contribution in [3.63, 3.8) is 0 Å². The smallest absolute Gasteiger partial charge is 0.335 e. The molecule has 0 saturated heterocycles. The molecule has 2 rings (SSSR count). The van der Waals surface area contributed by atoms with Crippen LogP contribution in [0.4, 0.5) is 5.69 Å². The number of benzene rings is 2. The Kier molecular flexibility index (Phi) is 4.78. The molecule has 114 valence electrons. The number of aromatic carboxylic acids is 1. The van der Waals surface area contributed by atoms with E-state index >= 15 is 0 Å². The van der Waals surface area contributed by atoms with E-state index < -0.39 is 5.97 Å². The fraction of sp³-hybridized carbons (Fsp3) is 0.176. The van der Waals surface area contributed by atoms with Gasteiger partial charge in [-0.3, -0.25) is 4.79 Å². The molecule has 0 saturated carbocycles. The average molecular weight is 299 g/mol. The number of amides is 1. The van der Waals surface area contributed by atoms with Crippen molar-refractivity contribution in [2.75, 3.05) is 11.9 Å². The average Bonchev–Trinajstić information content (AvgIpc) is 2.50. The van der Waals surface area contributed by atoms with E-state index in [0.29, 0.717) is 23.6 Å². The van der Waals surface area contributed by atoms with Crippen molar-refractivity contribution in [2.24, 2.45) is 0 Å². The lowest BCUT2D eigenvalue weighted by Crippen LogP contribution is -2.15. The quantitative estimate of drug-likeness (QED) is 0.887. The molecule has 0 bridgehead atoms. The number of rotatable bonds is 5. The van der Waals surface area contributed by atoms with E-state index in [0.717, 1.165) is 5.56 Å². The summed E-state index contributed by atoms with van der Waals surface area (Å²) in [5, 5.41) is 11.8. The van der Waals surface area contributed by atoms with Gasteiger partial charge in [-0.2, -0.15) is 0 Å². The molecule has 1 amide bonds. The number of hydrogen-bond acceptors (Lipinski definition) is 3. The number of hydrogen-bond donors (Lipinski definition) is 2. The van der Waals surface area contributed by atoms with Crippen LogP contribution in [0, 0.1) is 6.92 Å². The molecule has 0 aromatic heterocycles. The molecule has 0 radical (unpaired) electrons. The third kappa shape index (κ3) is 3.44. The number of aryl methyl sites for hydroxylation is 1. The highest BCUT2D eigenvalue weighted by molar-refractivity contribution is 6.07. The van der Waals surface area contributed by atoms with Crippen molar-refractivity contribution in [1.82, 2.24) is 0 Å². The second-order valence-corrected chi connectivity index (χ2v) is 4.72. The minimum absolute atomic E-state index is 0.124. The van der Waals surface area contributed by atoms with Crippen LogP contribution in [-0.2, 0) is 0 Å². The first-order chi connectivity index (χ1) is 10.5. The normalized spacial score (nSPS) is 10.1. The topological polar surface area (TPSA) is 75.6 Å². The van der Waals surface area contributed by atoms with Gasteiger partial charge in [-0.05, 0) is 43.7 Å². The van der Waals surface area contributed by atoms with Crippen LogP contribution in [0.1, 0.15) is 33.2 Å². The lowest BCUT2D eigenvalue weighted by molar-refractivity contribution is 0.0696. The number of ether oxygens (including phenoxy) is 1. The van der Waals surface area contributed by atoms with E-state index in [9.17, 15) is 9.59 Å². The van der Waals surface area contributed by atoms with Crippen molar-refractivity contribution in [2.45, 2.75) is 13.8 Å². The van der Waals surface area contributed by atoms with Crippen LogP contribution >= 0.6 is 0 Å². The third-order valence-electron chi connectivity index (χ3n) is 3.16. The van der Waals surface area contributed by atoms with E-state index in [1.165, 1.54) is 12.1 Å². The largest absolute Gasteiger partial charge is 0.493 e. The summed E-state index contributed by atoms with van der Waals surface area (Å²) in [6, 6.07) is 11.5. The first-order valence-electron chi connectivity index (χ1n) is 6.90. The van der Waals surface area contributed by atoms with Crippen LogP contribution in [0.3, 0.4) is 0 Å². The second-order valence-electron chi connectivity index (χ2n) is 4.72. The third-order valence-corrected chi connectivity index (χ3v) is 3.16. The van der Waals surface area contributed by atoms with Crippen LogP contribution in [0.15, 0.2) is 42.5 Å². The number of carboxylic acid groups (broad SMARTS) is 1. The number of anilines is 1. The van der Waals surface area contributed by atoms with Crippen LogP contribution in [-0.4, -0.2) is 23.6 Å². The van der Waals surface area contributed by atoms with Gasteiger partial charge in [0, 0.05) is 5.69 Å². The summed E-state index contributed by atoms with van der Waals surface area (Å²) in [6.45, 7) is 4.10. The van der Waals surface area contributed by atoms with Gasteiger partial charge in [-0.1, -0.05) is 18.2 Å². The lowest BCUT2D eigenvalue weighted by Gasteiger charge is -2.12. The Morgan fingerprint density at radius 1 is 1.18 bits per heavy atom. The highest BCUT2D eigenvalue weighted by Gasteiger charge is 2.14. The molecule has 0 aliphatic heterocycles. The number of carbonyl (C=O) groups is 2. The van der Waals surface area contributed by atoms with Crippen molar-refractivity contribution in [1.29, 1.82) is 0 Å². The molecule has 0 aliphatic rings. The minimum atomic E-state index is -1.04. The van der Waals surface area contributed by atoms with Crippen LogP contribution in [0.5, 0.6) is 5.75 Å². The highest BCUT2D eigenvalue weighted by Crippen LogP contribution is 2.22. The molecule has 2 N–H and O–H groups in total. The summed E-state index contributed by atoms with van der Waals surface area (Å²) >= 11 is 0. The molecular weight excluding hydrogens is 282 g/mol. The Morgan fingerprint density at radius 2 is 1.91 bits per heavy atom. The van der Waals surface area contributed by atoms with Gasteiger partial charge >= 0.3 is 5.97 Å². The Labute approximate surface area is 128 Å². The van der Waals surface area contributed by atoms with Crippen molar-refractivity contribution in [3.8, 4) is 5.75 Å². The summed E-state index contributed by atoms with van der Waals surface area (Å²) in [7, 11) is 0. The molecule has 0 unspecified atom stereocenters. The molecule has 5 nitrogen and oxygen atoms in total. The van der Waals surface area contributed by atoms with Crippen molar-refractivity contribution in [3.05, 3.63) is 59.2 Å². The summed E-state index contributed by atoms with van der Waals surface area (Å²) in [5.74, 6) is -0.880. The van der Waals surface area contributed by atoms with Crippen LogP contribution in [0.25, 0.3) is 0 Å². The summed E-state index contributed by atoms with van der Waals surface area (Å²) in [4.78, 5) is 23.4. The first kappa shape index (κ1) is 15.6. The Morgan fingerprint density at radius 3 is 2.59 bits per heavy atom. The summed E-state index contributed by atoms with van der Waals surface area (Å²) in [5.41, 5.74) is 1.78. The number of nitrogens with one attached hydrogen (secondary N) is 1. The molecule has 5 heteroatoms. The summed E-state index contributed by atoms with van der Waals surface area (Å²) in [6.07, 6.45) is 0. The maximum absolute atomic E-state index is 12.4. The molecule has 0 aliphatic carbocycles. The zero-order valence-corrected chi connectivity index (χ0v) is 12.4. The molecule has 2 aromatic rings. The number of carboxylic acids is 1. The Hall–Kier alpha value is -2.82. The van der Waals surface area contributed by atoms with Crippen molar-refractivity contribution >= 4 is 17.6 Å². The van der Waals surface area contributed by atoms with Gasteiger partial charge in [0.1, 0.15) is 5.75 Å². The molecule has 0 fully saturated rings. The molecule has 22 heavy (non-hydrogen) atoms. The Bertz CT molecular complexity index is 710. The molecule has 0 atom stereocenters. The van der Waals surface area contributed by atoms with Crippen molar-refractivity contribution < 1.29 is 19.4 Å². The standard InChI is InChI=1S/C17H17NO4/c1-3-22-15-7-5-4-6-13(15)16(19)18-14-10-12(17(20)21)9-8-11(14)2/h4-10H,3H2,1-2H3,(H,18,19)(H,20,21). The molecular formula is C17H17NO4. The van der Waals surface area contributed by atoms with E-state index in [1.807, 2.05) is 6.92 Å². The van der Waals surface area contributed by atoms with Gasteiger partial charge < -0.3 is 15.2 Å². The fourth-order valence-corrected chi connectivity index (χ4v) is 2.01. The number of para-hydroxylation sites is 1. The number of carbonyl (C=O) groups excluding carboxylic acids is 1. The Balaban J connectivity index is 2.29. The highest BCUT2D eigenvalue weighted by atomic mass is 16.5. The van der Waals surface area contributed by atoms with Gasteiger partial charge in [0.25, 0.3) is 5.91 Å². The fourth-order valence-electron chi connectivity index (χ4n) is 2.01. The van der Waals surface area contributed by atoms with Gasteiger partial charge in [0.2, 0.25) is 0 Å². The first-order valence-corrected chi connectivity index (χ1v) is 6.90. The maximum atomic E-state index is 12.4. The molecule has 0 spiro atoms. The zero-order valence-electron chi connectivity index (χ0n) is 12.4. The van der Waals surface area contributed by atoms with Gasteiger partial charge in [0.05, 0.1) is 17.7 Å². The lowest BCUT2D eigenvalue weighted by atomic mass is 10.1. The zero-order chi connectivity index (χ0) is 16.1. The second kappa shape index (κ2) is 6.76. The van der Waals surface area contributed by atoms with Gasteiger partial charge in [-0.25, -0.2) is 4.79 Å². The van der Waals surface area contributed by atoms with Gasteiger partial charge in [-0.15, -0.1) is 0 Å². The summed E-state index contributed by atoms with van der Waals surface area (Å²) < 4.78 is 5.43.